The highest BCUT2D eigenvalue weighted by molar-refractivity contribution is 5.82. The average Bonchev–Trinajstić information content (AvgIpc) is 3.66. The Bertz CT molecular complexity index is 763. The summed E-state index contributed by atoms with van der Waals surface area (Å²) in [6, 6.07) is 1.92. The van der Waals surface area contributed by atoms with Gasteiger partial charge in [0.25, 0.3) is 0 Å². The molecule has 0 spiro atoms. The molecule has 1 amide bonds. The van der Waals surface area contributed by atoms with E-state index in [-0.39, 0.29) is 11.9 Å². The molecule has 2 aliphatic carbocycles. The summed E-state index contributed by atoms with van der Waals surface area (Å²) in [7, 11) is 0. The summed E-state index contributed by atoms with van der Waals surface area (Å²) in [6.45, 7) is 12.2. The fourth-order valence-electron chi connectivity index (χ4n) is 8.72. The van der Waals surface area contributed by atoms with Crippen LogP contribution in [0.3, 0.4) is 0 Å². The number of nitrogens with one attached hydrogen (secondary N) is 4. The Morgan fingerprint density at radius 3 is 2.43 bits per heavy atom. The molecule has 6 rings (SSSR count). The number of fused-ring (bicyclic) bond motifs is 1. The molecule has 10 atom stereocenters. The molecule has 6 fully saturated rings. The highest BCUT2D eigenvalue weighted by Gasteiger charge is 2.46. The zero-order valence-corrected chi connectivity index (χ0v) is 23.4. The van der Waals surface area contributed by atoms with Crippen molar-refractivity contribution < 1.29 is 9.53 Å². The Labute approximate surface area is 225 Å². The lowest BCUT2D eigenvalue weighted by atomic mass is 9.74. The predicted octanol–water partition coefficient (Wildman–Crippen LogP) is 2.36. The van der Waals surface area contributed by atoms with Crippen molar-refractivity contribution in [3.63, 3.8) is 0 Å². The molecule has 0 aromatic rings. The molecule has 210 valence electrons. The van der Waals surface area contributed by atoms with E-state index < -0.39 is 0 Å². The van der Waals surface area contributed by atoms with Crippen LogP contribution in [0.15, 0.2) is 0 Å². The minimum atomic E-state index is 0.0159. The molecule has 4 saturated heterocycles. The van der Waals surface area contributed by atoms with Crippen molar-refractivity contribution in [3.05, 3.63) is 0 Å². The number of carbonyl (C=O) groups is 1. The number of amides is 1. The first kappa shape index (κ1) is 26.5. The highest BCUT2D eigenvalue weighted by Crippen LogP contribution is 2.40. The van der Waals surface area contributed by atoms with Crippen molar-refractivity contribution in [1.29, 1.82) is 0 Å². The van der Waals surface area contributed by atoms with Gasteiger partial charge in [-0.25, -0.2) is 0 Å². The number of carbonyl (C=O) groups excluding carboxylic acids is 1. The fraction of sp³-hybridized carbons (Fsp3) is 0.967. The Hall–Kier alpha value is -0.730. The monoisotopic (exact) mass is 515 g/mol. The first-order chi connectivity index (χ1) is 18.0. The van der Waals surface area contributed by atoms with Crippen molar-refractivity contribution in [3.8, 4) is 0 Å². The number of hydrogen-bond acceptors (Lipinski definition) is 6. The second-order valence-electron chi connectivity index (χ2n) is 13.8. The number of hydrogen-bond donors (Lipinski definition) is 4. The van der Waals surface area contributed by atoms with Crippen LogP contribution < -0.4 is 21.3 Å². The molecule has 0 aromatic heterocycles. The maximum absolute atomic E-state index is 13.5. The molecule has 4 N–H and O–H groups in total. The van der Waals surface area contributed by atoms with E-state index in [9.17, 15) is 4.79 Å². The molecule has 7 heteroatoms. The zero-order valence-electron chi connectivity index (χ0n) is 23.4. The Kier molecular flexibility index (Phi) is 8.44. The topological polar surface area (TPSA) is 77.7 Å². The van der Waals surface area contributed by atoms with E-state index >= 15 is 0 Å². The first-order valence-electron chi connectivity index (χ1n) is 15.9. The molecule has 0 radical (unpaired) electrons. The number of rotatable bonds is 7. The van der Waals surface area contributed by atoms with Crippen LogP contribution in [0, 0.1) is 35.5 Å². The van der Waals surface area contributed by atoms with Crippen molar-refractivity contribution in [2.24, 2.45) is 35.5 Å². The third kappa shape index (κ3) is 6.21. The van der Waals surface area contributed by atoms with Gasteiger partial charge in [0.05, 0.1) is 19.3 Å². The Morgan fingerprint density at radius 2 is 1.73 bits per heavy atom. The molecule has 10 unspecified atom stereocenters. The molecular formula is C30H53N5O2. The van der Waals surface area contributed by atoms with E-state index in [1.165, 1.54) is 57.9 Å². The van der Waals surface area contributed by atoms with Crippen LogP contribution >= 0.6 is 0 Å². The van der Waals surface area contributed by atoms with Crippen molar-refractivity contribution in [2.75, 3.05) is 45.9 Å². The minimum Gasteiger partial charge on any atom is -0.379 e. The molecule has 2 saturated carbocycles. The summed E-state index contributed by atoms with van der Waals surface area (Å²) >= 11 is 0. The van der Waals surface area contributed by atoms with E-state index in [0.29, 0.717) is 47.8 Å². The quantitative estimate of drug-likeness (QED) is 0.417. The van der Waals surface area contributed by atoms with Gasteiger partial charge >= 0.3 is 0 Å². The Balaban J connectivity index is 0.981. The minimum absolute atomic E-state index is 0.0159. The zero-order chi connectivity index (χ0) is 25.4. The van der Waals surface area contributed by atoms with Gasteiger partial charge in [0, 0.05) is 43.8 Å². The summed E-state index contributed by atoms with van der Waals surface area (Å²) in [5, 5.41) is 15.2. The van der Waals surface area contributed by atoms with Gasteiger partial charge < -0.3 is 26.0 Å². The Morgan fingerprint density at radius 1 is 0.919 bits per heavy atom. The summed E-state index contributed by atoms with van der Waals surface area (Å²) in [5.41, 5.74) is 0. The second kappa shape index (κ2) is 11.8. The summed E-state index contributed by atoms with van der Waals surface area (Å²) in [6.07, 6.45) is 11.5. The largest absolute Gasteiger partial charge is 0.379 e. The average molecular weight is 516 g/mol. The normalized spacial score (nSPS) is 44.2. The van der Waals surface area contributed by atoms with E-state index in [0.717, 1.165) is 57.6 Å². The van der Waals surface area contributed by atoms with Gasteiger partial charge in [-0.15, -0.1) is 0 Å². The van der Waals surface area contributed by atoms with Crippen LogP contribution in [0.2, 0.25) is 0 Å². The molecule has 0 bridgehead atoms. The van der Waals surface area contributed by atoms with Crippen LogP contribution in [-0.4, -0.2) is 87.0 Å². The van der Waals surface area contributed by atoms with Crippen LogP contribution in [0.25, 0.3) is 0 Å². The molecule has 0 aromatic carbocycles. The van der Waals surface area contributed by atoms with Gasteiger partial charge in [-0.1, -0.05) is 20.3 Å². The maximum Gasteiger partial charge on any atom is 0.237 e. The smallest absolute Gasteiger partial charge is 0.237 e. The van der Waals surface area contributed by atoms with Crippen LogP contribution in [0.4, 0.5) is 0 Å². The first-order valence-corrected chi connectivity index (χ1v) is 15.9. The van der Waals surface area contributed by atoms with Gasteiger partial charge in [-0.3, -0.25) is 9.69 Å². The van der Waals surface area contributed by atoms with Crippen LogP contribution in [0.5, 0.6) is 0 Å². The standard InChI is InChI=1S/C30H53N5O2/c1-19-4-3-5-22-15-26(33-27(19)22)30(36)34-29(21-6-7-21)28-20(2)14-24(17-32-28)23-8-9-25(31-16-23)18-35-10-12-37-13-11-35/h19-29,31-33H,3-18H2,1-2H3,(H,34,36). The SMILES string of the molecule is CC1CCCC2CC(C(=O)NC(C3CC3)C3NCC(C4CCC(CN5CCOCC5)NC4)CC3C)NC12. The van der Waals surface area contributed by atoms with Crippen molar-refractivity contribution in [2.45, 2.75) is 102 Å². The summed E-state index contributed by atoms with van der Waals surface area (Å²) < 4.78 is 5.51. The van der Waals surface area contributed by atoms with Crippen LogP contribution in [0.1, 0.15) is 71.6 Å². The maximum atomic E-state index is 13.5. The van der Waals surface area contributed by atoms with Gasteiger partial charge in [0.15, 0.2) is 0 Å². The van der Waals surface area contributed by atoms with Crippen molar-refractivity contribution >= 4 is 5.91 Å². The third-order valence-electron chi connectivity index (χ3n) is 11.1. The van der Waals surface area contributed by atoms with E-state index in [1.807, 2.05) is 0 Å². The molecule has 4 heterocycles. The highest BCUT2D eigenvalue weighted by atomic mass is 16.5. The lowest BCUT2D eigenvalue weighted by Gasteiger charge is -2.44. The summed E-state index contributed by atoms with van der Waals surface area (Å²) in [4.78, 5) is 16.0. The van der Waals surface area contributed by atoms with Gasteiger partial charge in [0.2, 0.25) is 5.91 Å². The van der Waals surface area contributed by atoms with Crippen molar-refractivity contribution in [1.82, 2.24) is 26.2 Å². The fourth-order valence-corrected chi connectivity index (χ4v) is 8.72. The summed E-state index contributed by atoms with van der Waals surface area (Å²) in [5.74, 6) is 4.48. The molecular weight excluding hydrogens is 462 g/mol. The van der Waals surface area contributed by atoms with Gasteiger partial charge in [-0.2, -0.15) is 0 Å². The number of nitrogens with zero attached hydrogens (tertiary/aromatic N) is 1. The molecule has 37 heavy (non-hydrogen) atoms. The van der Waals surface area contributed by atoms with E-state index in [4.69, 9.17) is 4.74 Å². The van der Waals surface area contributed by atoms with E-state index in [1.54, 1.807) is 0 Å². The lowest BCUT2D eigenvalue weighted by molar-refractivity contribution is -0.124. The van der Waals surface area contributed by atoms with Gasteiger partial charge in [0.1, 0.15) is 0 Å². The van der Waals surface area contributed by atoms with Crippen LogP contribution in [-0.2, 0) is 9.53 Å². The predicted molar refractivity (Wildman–Crippen MR) is 147 cm³/mol. The molecule has 4 aliphatic heterocycles. The second-order valence-corrected chi connectivity index (χ2v) is 13.8. The lowest BCUT2D eigenvalue weighted by Crippen LogP contribution is -2.61. The molecule has 7 nitrogen and oxygen atoms in total. The molecule has 6 aliphatic rings. The third-order valence-corrected chi connectivity index (χ3v) is 11.1. The van der Waals surface area contributed by atoms with Gasteiger partial charge in [-0.05, 0) is 100.0 Å². The number of morpholine rings is 1. The van der Waals surface area contributed by atoms with E-state index in [2.05, 4.69) is 40.0 Å². The number of ether oxygens (including phenoxy) is 1. The number of piperidine rings is 2.